The molecule has 2 atom stereocenters. The summed E-state index contributed by atoms with van der Waals surface area (Å²) < 4.78 is 95.2. The van der Waals surface area contributed by atoms with Gasteiger partial charge in [0.2, 0.25) is 5.91 Å². The molecule has 3 aliphatic rings. The largest absolute Gasteiger partial charge is 0.490 e. The number of carboxylic acid groups (broad SMARTS) is 3. The third-order valence-electron chi connectivity index (χ3n) is 7.26. The molecule has 4 rings (SSSR count). The van der Waals surface area contributed by atoms with E-state index < -0.39 is 36.4 Å². The molecule has 0 aliphatic carbocycles. The van der Waals surface area contributed by atoms with E-state index >= 15 is 0 Å². The molecule has 11 nitrogen and oxygen atoms in total. The number of carboxylic acids is 3. The van der Waals surface area contributed by atoms with Gasteiger partial charge in [-0.15, -0.1) is 0 Å². The topological polar surface area (TPSA) is 152 Å². The number of aliphatic carboxylic acids is 3. The molecule has 3 saturated heterocycles. The van der Waals surface area contributed by atoms with Gasteiger partial charge in [0.05, 0.1) is 5.41 Å². The number of amides is 1. The van der Waals surface area contributed by atoms with Crippen molar-refractivity contribution in [2.45, 2.75) is 51.3 Å². The van der Waals surface area contributed by atoms with E-state index in [1.165, 1.54) is 31.5 Å². The lowest BCUT2D eigenvalue weighted by atomic mass is 9.78. The van der Waals surface area contributed by atoms with Crippen molar-refractivity contribution < 1.29 is 74.0 Å². The van der Waals surface area contributed by atoms with Crippen molar-refractivity contribution >= 4 is 23.8 Å². The first-order chi connectivity index (χ1) is 21.0. The van der Waals surface area contributed by atoms with Crippen LogP contribution in [-0.2, 0) is 25.7 Å². The van der Waals surface area contributed by atoms with Gasteiger partial charge in [-0.3, -0.25) is 14.7 Å². The number of hydrogen-bond acceptors (Lipinski definition) is 7. The number of halogens is 9. The Morgan fingerprint density at radius 1 is 0.848 bits per heavy atom. The minimum atomic E-state index is -5.08. The van der Waals surface area contributed by atoms with E-state index in [1.54, 1.807) is 0 Å². The van der Waals surface area contributed by atoms with Crippen LogP contribution in [0.1, 0.15) is 31.7 Å². The van der Waals surface area contributed by atoms with Crippen LogP contribution in [0.25, 0.3) is 0 Å². The normalized spacial score (nSPS) is 21.9. The van der Waals surface area contributed by atoms with E-state index in [0.29, 0.717) is 11.8 Å². The Morgan fingerprint density at radius 2 is 1.33 bits per heavy atom. The monoisotopic (exact) mass is 684 g/mol. The van der Waals surface area contributed by atoms with Crippen LogP contribution in [-0.4, -0.2) is 123 Å². The van der Waals surface area contributed by atoms with Gasteiger partial charge >= 0.3 is 36.4 Å². The van der Waals surface area contributed by atoms with Crippen molar-refractivity contribution in [1.82, 2.24) is 19.7 Å². The van der Waals surface area contributed by atoms with Crippen LogP contribution in [0.4, 0.5) is 39.5 Å². The molecule has 3 N–H and O–H groups in total. The van der Waals surface area contributed by atoms with Gasteiger partial charge in [0.15, 0.2) is 0 Å². The Bertz CT molecular complexity index is 1100. The number of hydrogen-bond donors (Lipinski definition) is 3. The molecule has 20 heteroatoms. The molecule has 4 heterocycles. The third kappa shape index (κ3) is 13.0. The summed E-state index contributed by atoms with van der Waals surface area (Å²) in [6.07, 6.45) is -7.84. The Kier molecular flexibility index (Phi) is 14.7. The molecular formula is C26H33F9N4O7. The van der Waals surface area contributed by atoms with Crippen molar-refractivity contribution in [3.8, 4) is 0 Å². The fourth-order valence-electron chi connectivity index (χ4n) is 5.00. The number of carbonyl (C=O) groups excluding carboxylic acids is 1. The molecule has 0 aromatic carbocycles. The zero-order chi connectivity index (χ0) is 35.5. The maximum absolute atomic E-state index is 13.2. The summed E-state index contributed by atoms with van der Waals surface area (Å²) in [6, 6.07) is 4.12. The molecule has 262 valence electrons. The van der Waals surface area contributed by atoms with Gasteiger partial charge in [-0.2, -0.15) is 39.5 Å². The number of alkyl halides is 9. The second-order valence-electron chi connectivity index (χ2n) is 10.6. The van der Waals surface area contributed by atoms with Gasteiger partial charge < -0.3 is 25.1 Å². The average Bonchev–Trinajstić information content (AvgIpc) is 3.64. The van der Waals surface area contributed by atoms with Crippen LogP contribution in [0, 0.1) is 11.3 Å². The Labute approximate surface area is 256 Å². The summed E-state index contributed by atoms with van der Waals surface area (Å²) >= 11 is 0. The van der Waals surface area contributed by atoms with Crippen molar-refractivity contribution in [3.63, 3.8) is 0 Å². The molecule has 1 aromatic heterocycles. The Hall–Kier alpha value is -3.68. The lowest BCUT2D eigenvalue weighted by Crippen LogP contribution is -2.42. The zero-order valence-electron chi connectivity index (χ0n) is 24.3. The summed E-state index contributed by atoms with van der Waals surface area (Å²) in [4.78, 5) is 51.2. The predicted octanol–water partition coefficient (Wildman–Crippen LogP) is 3.75. The number of rotatable bonds is 5. The third-order valence-corrected chi connectivity index (χ3v) is 7.26. The highest BCUT2D eigenvalue weighted by molar-refractivity contribution is 5.86. The van der Waals surface area contributed by atoms with Crippen LogP contribution in [0.15, 0.2) is 24.5 Å². The molecule has 3 fully saturated rings. The van der Waals surface area contributed by atoms with Crippen LogP contribution < -0.4 is 0 Å². The second kappa shape index (κ2) is 16.8. The van der Waals surface area contributed by atoms with E-state index in [2.05, 4.69) is 32.7 Å². The van der Waals surface area contributed by atoms with Crippen LogP contribution in [0.3, 0.4) is 0 Å². The van der Waals surface area contributed by atoms with Crippen LogP contribution in [0.2, 0.25) is 0 Å². The summed E-state index contributed by atoms with van der Waals surface area (Å²) in [7, 11) is 0. The number of likely N-dealkylation sites (tertiary alicyclic amines) is 3. The highest BCUT2D eigenvalue weighted by atomic mass is 19.4. The molecule has 1 amide bonds. The Balaban J connectivity index is 0.000000413. The van der Waals surface area contributed by atoms with Crippen molar-refractivity contribution in [2.75, 3.05) is 45.8 Å². The maximum atomic E-state index is 13.2. The number of nitrogens with zero attached hydrogens (tertiary/aromatic N) is 4. The predicted molar refractivity (Wildman–Crippen MR) is 139 cm³/mol. The number of carbonyl (C=O) groups is 4. The lowest BCUT2D eigenvalue weighted by Gasteiger charge is -2.27. The molecular weight excluding hydrogens is 651 g/mol. The first kappa shape index (κ1) is 40.3. The van der Waals surface area contributed by atoms with Gasteiger partial charge in [0.1, 0.15) is 0 Å². The van der Waals surface area contributed by atoms with Crippen LogP contribution in [0.5, 0.6) is 0 Å². The minimum Gasteiger partial charge on any atom is -0.475 e. The van der Waals surface area contributed by atoms with Gasteiger partial charge in [0.25, 0.3) is 0 Å². The standard InChI is InChI=1S/C20H30N4O.3C2HF3O2/c1-17-14-23(15-18-5-4-7-21-13-18)16-20(17)6-10-24(19(20)25)12-11-22-8-2-3-9-22;3*3-2(4,5)1(6)7/h4-5,7,13,17H,2-3,6,8-12,14-16H2,1H3;3*(H,6,7)/t17-,20-;;;/m1.../s1. The molecule has 3 aliphatic heterocycles. The molecule has 0 radical (unpaired) electrons. The number of aromatic nitrogens is 1. The summed E-state index contributed by atoms with van der Waals surface area (Å²) in [5, 5.41) is 21.4. The van der Waals surface area contributed by atoms with Crippen molar-refractivity contribution in [3.05, 3.63) is 30.1 Å². The van der Waals surface area contributed by atoms with Crippen molar-refractivity contribution in [2.24, 2.45) is 11.3 Å². The minimum absolute atomic E-state index is 0.146. The van der Waals surface area contributed by atoms with Gasteiger partial charge in [0, 0.05) is 51.7 Å². The first-order valence-electron chi connectivity index (χ1n) is 13.5. The zero-order valence-corrected chi connectivity index (χ0v) is 24.3. The SMILES string of the molecule is C[C@@H]1CN(Cc2cccnc2)C[C@]12CCN(CCN1CCCC1)C2=O.O=C(O)C(F)(F)F.O=C(O)C(F)(F)F.O=C(O)C(F)(F)F. The quantitative estimate of drug-likeness (QED) is 0.392. The summed E-state index contributed by atoms with van der Waals surface area (Å²) in [5.41, 5.74) is 1.09. The molecule has 1 aromatic rings. The van der Waals surface area contributed by atoms with E-state index in [4.69, 9.17) is 29.7 Å². The molecule has 0 bridgehead atoms. The first-order valence-corrected chi connectivity index (χ1v) is 13.5. The van der Waals surface area contributed by atoms with Crippen LogP contribution >= 0.6 is 0 Å². The fraction of sp³-hybridized carbons (Fsp3) is 0.654. The molecule has 0 unspecified atom stereocenters. The smallest absolute Gasteiger partial charge is 0.475 e. The van der Waals surface area contributed by atoms with E-state index in [0.717, 1.165) is 45.7 Å². The van der Waals surface area contributed by atoms with Gasteiger partial charge in [-0.05, 0) is 49.9 Å². The second-order valence-corrected chi connectivity index (χ2v) is 10.6. The fourth-order valence-corrected chi connectivity index (χ4v) is 5.00. The van der Waals surface area contributed by atoms with E-state index in [-0.39, 0.29) is 5.41 Å². The average molecular weight is 685 g/mol. The van der Waals surface area contributed by atoms with E-state index in [9.17, 15) is 44.3 Å². The highest BCUT2D eigenvalue weighted by Gasteiger charge is 2.54. The lowest BCUT2D eigenvalue weighted by molar-refractivity contribution is -0.193. The molecule has 46 heavy (non-hydrogen) atoms. The van der Waals surface area contributed by atoms with E-state index in [1.807, 2.05) is 18.5 Å². The molecule has 1 spiro atoms. The highest BCUT2D eigenvalue weighted by Crippen LogP contribution is 2.45. The maximum Gasteiger partial charge on any atom is 0.490 e. The summed E-state index contributed by atoms with van der Waals surface area (Å²) in [5.74, 6) is -7.42. The molecule has 0 saturated carbocycles. The summed E-state index contributed by atoms with van der Waals surface area (Å²) in [6.45, 7) is 10.4. The van der Waals surface area contributed by atoms with Crippen molar-refractivity contribution in [1.29, 1.82) is 0 Å². The van der Waals surface area contributed by atoms with Gasteiger partial charge in [-0.25, -0.2) is 14.4 Å². The number of pyridine rings is 1. The Morgan fingerprint density at radius 3 is 1.74 bits per heavy atom. The van der Waals surface area contributed by atoms with Gasteiger partial charge in [-0.1, -0.05) is 13.0 Å².